The summed E-state index contributed by atoms with van der Waals surface area (Å²) in [6.07, 6.45) is -0.653. The summed E-state index contributed by atoms with van der Waals surface area (Å²) in [4.78, 5) is 12.5. The molecule has 0 saturated carbocycles. The summed E-state index contributed by atoms with van der Waals surface area (Å²) in [5.41, 5.74) is 1.89. The number of carbonyl (C=O) groups is 1. The maximum absolute atomic E-state index is 13.2. The van der Waals surface area contributed by atoms with Gasteiger partial charge in [-0.25, -0.2) is 12.8 Å². The van der Waals surface area contributed by atoms with Crippen molar-refractivity contribution in [1.29, 1.82) is 0 Å². The van der Waals surface area contributed by atoms with Gasteiger partial charge in [0, 0.05) is 11.3 Å². The Morgan fingerprint density at radius 3 is 2.46 bits per heavy atom. The van der Waals surface area contributed by atoms with Crippen LogP contribution in [-0.2, 0) is 10.0 Å². The van der Waals surface area contributed by atoms with Gasteiger partial charge in [0.15, 0.2) is 0 Å². The lowest BCUT2D eigenvalue weighted by Gasteiger charge is -2.28. The average molecular weight is 397 g/mol. The highest BCUT2D eigenvalue weighted by molar-refractivity contribution is 7.89. The lowest BCUT2D eigenvalue weighted by Crippen LogP contribution is -2.38. The lowest BCUT2D eigenvalue weighted by atomic mass is 10.1. The molecule has 1 amide bonds. The van der Waals surface area contributed by atoms with Crippen LogP contribution in [0, 0.1) is 5.82 Å². The van der Waals surface area contributed by atoms with Gasteiger partial charge in [-0.15, -0.1) is 0 Å². The van der Waals surface area contributed by atoms with Gasteiger partial charge in [-0.3, -0.25) is 4.79 Å². The van der Waals surface area contributed by atoms with E-state index < -0.39 is 22.0 Å². The van der Waals surface area contributed by atoms with Crippen molar-refractivity contribution in [1.82, 2.24) is 4.72 Å². The highest BCUT2D eigenvalue weighted by Gasteiger charge is 2.29. The Labute approximate surface area is 161 Å². The standard InChI is InChI=1S/C20H16FN3O3S/c21-15-4-3-5-16(12-15)22-20(25)14-10-8-13(9-11-14)19-23-17-6-1-2-7-18(17)28(26,27)24-19/h1-12,19,23-24H,(H,22,25). The monoisotopic (exact) mass is 397 g/mol. The van der Waals surface area contributed by atoms with Gasteiger partial charge in [0.05, 0.1) is 5.69 Å². The number of carbonyl (C=O) groups excluding carboxylic acids is 1. The molecule has 3 aromatic rings. The molecule has 1 aliphatic heterocycles. The van der Waals surface area contributed by atoms with Crippen LogP contribution in [0.3, 0.4) is 0 Å². The molecular weight excluding hydrogens is 381 g/mol. The topological polar surface area (TPSA) is 87.3 Å². The van der Waals surface area contributed by atoms with E-state index in [0.29, 0.717) is 22.5 Å². The quantitative estimate of drug-likeness (QED) is 0.632. The second-order valence-electron chi connectivity index (χ2n) is 6.28. The van der Waals surface area contributed by atoms with Crippen molar-refractivity contribution in [2.75, 3.05) is 10.6 Å². The third kappa shape index (κ3) is 3.60. The van der Waals surface area contributed by atoms with Gasteiger partial charge in [-0.05, 0) is 48.0 Å². The zero-order valence-electron chi connectivity index (χ0n) is 14.5. The van der Waals surface area contributed by atoms with E-state index in [0.717, 1.165) is 0 Å². The van der Waals surface area contributed by atoms with E-state index in [4.69, 9.17) is 0 Å². The van der Waals surface area contributed by atoms with E-state index in [9.17, 15) is 17.6 Å². The second-order valence-corrected chi connectivity index (χ2v) is 7.96. The molecule has 0 saturated heterocycles. The Kier molecular flexibility index (Phi) is 4.58. The molecule has 1 aliphatic rings. The number of sulfonamides is 1. The first-order chi connectivity index (χ1) is 13.4. The molecule has 4 rings (SSSR count). The summed E-state index contributed by atoms with van der Waals surface area (Å²) >= 11 is 0. The molecule has 1 atom stereocenters. The van der Waals surface area contributed by atoms with Crippen LogP contribution in [0.2, 0.25) is 0 Å². The van der Waals surface area contributed by atoms with Gasteiger partial charge in [-0.2, -0.15) is 4.72 Å². The molecule has 3 aromatic carbocycles. The highest BCUT2D eigenvalue weighted by atomic mass is 32.2. The summed E-state index contributed by atoms with van der Waals surface area (Å²) in [6, 6.07) is 18.7. The maximum atomic E-state index is 13.2. The number of fused-ring (bicyclic) bond motifs is 1. The first kappa shape index (κ1) is 18.1. The van der Waals surface area contributed by atoms with E-state index in [2.05, 4.69) is 15.4 Å². The third-order valence-electron chi connectivity index (χ3n) is 4.34. The van der Waals surface area contributed by atoms with Gasteiger partial charge in [-0.1, -0.05) is 30.3 Å². The molecule has 0 aliphatic carbocycles. The van der Waals surface area contributed by atoms with Crippen molar-refractivity contribution in [3.63, 3.8) is 0 Å². The van der Waals surface area contributed by atoms with Gasteiger partial charge in [0.2, 0.25) is 10.0 Å². The molecule has 0 bridgehead atoms. The van der Waals surface area contributed by atoms with Gasteiger partial charge in [0.1, 0.15) is 16.9 Å². The van der Waals surface area contributed by atoms with Crippen LogP contribution < -0.4 is 15.4 Å². The third-order valence-corrected chi connectivity index (χ3v) is 5.82. The molecular formula is C20H16FN3O3S. The number of halogens is 1. The number of rotatable bonds is 3. The van der Waals surface area contributed by atoms with Crippen molar-refractivity contribution in [2.24, 2.45) is 0 Å². The minimum absolute atomic E-state index is 0.192. The van der Waals surface area contributed by atoms with E-state index in [-0.39, 0.29) is 10.8 Å². The number of anilines is 2. The molecule has 0 spiro atoms. The van der Waals surface area contributed by atoms with Crippen LogP contribution in [0.15, 0.2) is 77.7 Å². The minimum atomic E-state index is -3.64. The Balaban J connectivity index is 1.53. The molecule has 28 heavy (non-hydrogen) atoms. The highest BCUT2D eigenvalue weighted by Crippen LogP contribution is 2.30. The zero-order chi connectivity index (χ0) is 19.7. The predicted molar refractivity (Wildman–Crippen MR) is 104 cm³/mol. The van der Waals surface area contributed by atoms with Gasteiger partial charge >= 0.3 is 0 Å². The second kappa shape index (κ2) is 7.06. The number of hydrogen-bond acceptors (Lipinski definition) is 4. The van der Waals surface area contributed by atoms with Crippen molar-refractivity contribution >= 4 is 27.3 Å². The summed E-state index contributed by atoms with van der Waals surface area (Å²) in [7, 11) is -3.64. The molecule has 0 fully saturated rings. The fraction of sp³-hybridized carbons (Fsp3) is 0.0500. The fourth-order valence-electron chi connectivity index (χ4n) is 2.97. The van der Waals surface area contributed by atoms with E-state index in [1.807, 2.05) is 0 Å². The molecule has 1 heterocycles. The summed E-state index contributed by atoms with van der Waals surface area (Å²) in [5.74, 6) is -0.830. The van der Waals surface area contributed by atoms with Crippen LogP contribution in [-0.4, -0.2) is 14.3 Å². The fourth-order valence-corrected chi connectivity index (χ4v) is 4.28. The minimum Gasteiger partial charge on any atom is -0.364 e. The Morgan fingerprint density at radius 2 is 1.71 bits per heavy atom. The SMILES string of the molecule is O=C(Nc1cccc(F)c1)c1ccc(C2Nc3ccccc3S(=O)(=O)N2)cc1. The predicted octanol–water partition coefficient (Wildman–Crippen LogP) is 3.48. The van der Waals surface area contributed by atoms with Crippen LogP contribution in [0.5, 0.6) is 0 Å². The Bertz CT molecular complexity index is 1150. The number of hydrogen-bond donors (Lipinski definition) is 3. The lowest BCUT2D eigenvalue weighted by molar-refractivity contribution is 0.102. The number of benzene rings is 3. The van der Waals surface area contributed by atoms with E-state index >= 15 is 0 Å². The van der Waals surface area contributed by atoms with Crippen molar-refractivity contribution in [2.45, 2.75) is 11.1 Å². The van der Waals surface area contributed by atoms with Gasteiger partial charge in [0.25, 0.3) is 5.91 Å². The smallest absolute Gasteiger partial charge is 0.255 e. The zero-order valence-corrected chi connectivity index (χ0v) is 15.3. The van der Waals surface area contributed by atoms with Crippen LogP contribution in [0.1, 0.15) is 22.1 Å². The first-order valence-corrected chi connectivity index (χ1v) is 9.95. The van der Waals surface area contributed by atoms with E-state index in [1.54, 1.807) is 48.5 Å². The summed E-state index contributed by atoms with van der Waals surface area (Å²) < 4.78 is 40.6. The molecule has 142 valence electrons. The average Bonchev–Trinajstić information content (AvgIpc) is 2.67. The maximum Gasteiger partial charge on any atom is 0.255 e. The molecule has 1 unspecified atom stereocenters. The van der Waals surface area contributed by atoms with Crippen LogP contribution >= 0.6 is 0 Å². The first-order valence-electron chi connectivity index (χ1n) is 8.47. The largest absolute Gasteiger partial charge is 0.364 e. The molecule has 0 aromatic heterocycles. The van der Waals surface area contributed by atoms with Crippen molar-refractivity contribution < 1.29 is 17.6 Å². The molecule has 6 nitrogen and oxygen atoms in total. The Morgan fingerprint density at radius 1 is 0.964 bits per heavy atom. The number of nitrogens with one attached hydrogen (secondary N) is 3. The summed E-state index contributed by atoms with van der Waals surface area (Å²) in [6.45, 7) is 0. The van der Waals surface area contributed by atoms with Gasteiger partial charge < -0.3 is 10.6 Å². The molecule has 8 heteroatoms. The van der Waals surface area contributed by atoms with Crippen LogP contribution in [0.4, 0.5) is 15.8 Å². The summed E-state index contributed by atoms with van der Waals surface area (Å²) in [5, 5.41) is 5.75. The van der Waals surface area contributed by atoms with Crippen LogP contribution in [0.25, 0.3) is 0 Å². The van der Waals surface area contributed by atoms with Crippen molar-refractivity contribution in [3.05, 3.63) is 89.7 Å². The Hall–Kier alpha value is -3.23. The molecule has 3 N–H and O–H groups in total. The van der Waals surface area contributed by atoms with Crippen molar-refractivity contribution in [3.8, 4) is 0 Å². The number of amides is 1. The molecule has 0 radical (unpaired) electrons. The van der Waals surface area contributed by atoms with E-state index in [1.165, 1.54) is 24.3 Å². The number of para-hydroxylation sites is 1. The normalized spacial score (nSPS) is 17.2.